The van der Waals surface area contributed by atoms with Crippen molar-refractivity contribution in [3.63, 3.8) is 0 Å². The van der Waals surface area contributed by atoms with Crippen LogP contribution in [0.4, 0.5) is 4.39 Å². The molecule has 0 saturated heterocycles. The Morgan fingerprint density at radius 3 is 2.52 bits per heavy atom. The van der Waals surface area contributed by atoms with Gasteiger partial charge in [0.25, 0.3) is 11.4 Å². The first-order valence-corrected chi connectivity index (χ1v) is 9.70. The van der Waals surface area contributed by atoms with Gasteiger partial charge in [0.15, 0.2) is 11.6 Å². The molecule has 0 saturated carbocycles. The molecule has 0 radical (unpaired) electrons. The first kappa shape index (κ1) is 22.2. The molecular weight excluding hydrogens is 427 g/mol. The van der Waals surface area contributed by atoms with E-state index in [2.05, 4.69) is 4.98 Å². The highest BCUT2D eigenvalue weighted by atomic mass is 35.5. The summed E-state index contributed by atoms with van der Waals surface area (Å²) in [4.78, 5) is 39.4. The maximum atomic E-state index is 13.8. The zero-order valence-electron chi connectivity index (χ0n) is 16.5. The molecule has 0 aliphatic rings. The molecular formula is C22H18ClFN2O5. The summed E-state index contributed by atoms with van der Waals surface area (Å²) in [5.41, 5.74) is 1.04. The molecule has 160 valence electrons. The summed E-state index contributed by atoms with van der Waals surface area (Å²) < 4.78 is 25.2. The van der Waals surface area contributed by atoms with Crippen LogP contribution in [-0.2, 0) is 20.9 Å². The largest absolute Gasteiger partial charge is 0.466 e. The molecule has 2 heterocycles. The van der Waals surface area contributed by atoms with E-state index in [1.165, 1.54) is 23.0 Å². The first-order valence-electron chi connectivity index (χ1n) is 9.33. The van der Waals surface area contributed by atoms with E-state index in [0.29, 0.717) is 11.3 Å². The third-order valence-electron chi connectivity index (χ3n) is 4.15. The summed E-state index contributed by atoms with van der Waals surface area (Å²) in [6, 6.07) is 10.7. The quantitative estimate of drug-likeness (QED) is 0.385. The molecule has 3 aromatic rings. The molecule has 0 atom stereocenters. The number of carbonyl (C=O) groups excluding carboxylic acids is 2. The number of halogens is 2. The number of hydrogen-bond donors (Lipinski definition) is 0. The fourth-order valence-electron chi connectivity index (χ4n) is 2.75. The van der Waals surface area contributed by atoms with Crippen LogP contribution in [0.3, 0.4) is 0 Å². The van der Waals surface area contributed by atoms with Gasteiger partial charge in [-0.3, -0.25) is 14.4 Å². The third kappa shape index (κ3) is 5.99. The van der Waals surface area contributed by atoms with Gasteiger partial charge in [0, 0.05) is 18.5 Å². The number of ether oxygens (including phenoxy) is 2. The monoisotopic (exact) mass is 444 g/mol. The molecule has 2 aromatic heterocycles. The summed E-state index contributed by atoms with van der Waals surface area (Å²) >= 11 is 5.68. The lowest BCUT2D eigenvalue weighted by molar-refractivity contribution is -0.145. The van der Waals surface area contributed by atoms with E-state index in [-0.39, 0.29) is 29.6 Å². The van der Waals surface area contributed by atoms with Gasteiger partial charge < -0.3 is 14.0 Å². The number of ketones is 1. The third-order valence-corrected chi connectivity index (χ3v) is 4.36. The Morgan fingerprint density at radius 1 is 1.13 bits per heavy atom. The second-order valence-corrected chi connectivity index (χ2v) is 6.91. The number of benzene rings is 1. The molecule has 3 rings (SSSR count). The predicted octanol–water partition coefficient (Wildman–Crippen LogP) is 4.02. The number of carbonyl (C=O) groups is 2. The molecule has 0 unspecified atom stereocenters. The highest BCUT2D eigenvalue weighted by Crippen LogP contribution is 2.26. The lowest BCUT2D eigenvalue weighted by Gasteiger charge is -2.09. The minimum Gasteiger partial charge on any atom is -0.466 e. The van der Waals surface area contributed by atoms with Gasteiger partial charge in [-0.25, -0.2) is 9.37 Å². The van der Waals surface area contributed by atoms with Gasteiger partial charge in [-0.1, -0.05) is 23.7 Å². The van der Waals surface area contributed by atoms with E-state index in [1.807, 2.05) is 0 Å². The average molecular weight is 445 g/mol. The Labute approximate surface area is 182 Å². The van der Waals surface area contributed by atoms with E-state index < -0.39 is 24.0 Å². The molecule has 0 amide bonds. The summed E-state index contributed by atoms with van der Waals surface area (Å²) in [7, 11) is 0. The van der Waals surface area contributed by atoms with Crippen molar-refractivity contribution in [3.8, 4) is 22.8 Å². The second kappa shape index (κ2) is 9.99. The van der Waals surface area contributed by atoms with Crippen LogP contribution in [0.1, 0.15) is 13.3 Å². The molecule has 0 fully saturated rings. The van der Waals surface area contributed by atoms with E-state index in [9.17, 15) is 18.8 Å². The smallest absolute Gasteiger partial charge is 0.313 e. The maximum Gasteiger partial charge on any atom is 0.313 e. The van der Waals surface area contributed by atoms with Crippen molar-refractivity contribution in [2.24, 2.45) is 0 Å². The Hall–Kier alpha value is -3.52. The lowest BCUT2D eigenvalue weighted by atomic mass is 10.1. The first-order chi connectivity index (χ1) is 14.9. The molecule has 31 heavy (non-hydrogen) atoms. The van der Waals surface area contributed by atoms with Crippen molar-refractivity contribution in [1.29, 1.82) is 0 Å². The van der Waals surface area contributed by atoms with Crippen LogP contribution < -0.4 is 10.3 Å². The molecule has 9 heteroatoms. The topological polar surface area (TPSA) is 87.5 Å². The van der Waals surface area contributed by atoms with E-state index in [4.69, 9.17) is 21.1 Å². The number of esters is 1. The summed E-state index contributed by atoms with van der Waals surface area (Å²) in [5, 5.41) is 0.163. The fraction of sp³-hybridized carbons (Fsp3) is 0.182. The summed E-state index contributed by atoms with van der Waals surface area (Å²) in [5.74, 6) is -1.59. The predicted molar refractivity (Wildman–Crippen MR) is 112 cm³/mol. The van der Waals surface area contributed by atoms with Crippen LogP contribution in [0.2, 0.25) is 5.02 Å². The lowest BCUT2D eigenvalue weighted by Crippen LogP contribution is -2.24. The highest BCUT2D eigenvalue weighted by molar-refractivity contribution is 6.30. The molecule has 0 N–H and O–H groups in total. The zero-order chi connectivity index (χ0) is 22.4. The Kier molecular flexibility index (Phi) is 7.15. The van der Waals surface area contributed by atoms with Crippen molar-refractivity contribution >= 4 is 23.4 Å². The molecule has 0 bridgehead atoms. The van der Waals surface area contributed by atoms with Crippen LogP contribution in [0.5, 0.6) is 11.6 Å². The van der Waals surface area contributed by atoms with Crippen molar-refractivity contribution in [2.75, 3.05) is 6.61 Å². The van der Waals surface area contributed by atoms with Gasteiger partial charge in [-0.2, -0.15) is 0 Å². The number of rotatable bonds is 8. The van der Waals surface area contributed by atoms with Gasteiger partial charge >= 0.3 is 5.97 Å². The van der Waals surface area contributed by atoms with Crippen molar-refractivity contribution in [1.82, 2.24) is 9.55 Å². The second-order valence-electron chi connectivity index (χ2n) is 6.47. The molecule has 1 aromatic carbocycles. The van der Waals surface area contributed by atoms with Crippen LogP contribution in [0.15, 0.2) is 59.7 Å². The minimum atomic E-state index is -0.684. The average Bonchev–Trinajstić information content (AvgIpc) is 2.72. The van der Waals surface area contributed by atoms with Crippen molar-refractivity contribution in [2.45, 2.75) is 19.9 Å². The van der Waals surface area contributed by atoms with E-state index >= 15 is 0 Å². The number of hydrogen-bond acceptors (Lipinski definition) is 6. The fourth-order valence-corrected chi connectivity index (χ4v) is 2.89. The van der Waals surface area contributed by atoms with Gasteiger partial charge in [0.05, 0.1) is 18.2 Å². The maximum absolute atomic E-state index is 13.8. The Bertz CT molecular complexity index is 1160. The number of pyridine rings is 2. The van der Waals surface area contributed by atoms with E-state index in [1.54, 1.807) is 37.3 Å². The molecule has 0 aliphatic heterocycles. The van der Waals surface area contributed by atoms with Crippen molar-refractivity contribution in [3.05, 3.63) is 76.1 Å². The van der Waals surface area contributed by atoms with E-state index in [0.717, 1.165) is 11.6 Å². The van der Waals surface area contributed by atoms with Crippen molar-refractivity contribution < 1.29 is 23.5 Å². The molecule has 0 spiro atoms. The standard InChI is InChI=1S/C22H18ClFN2O5/c1-2-30-21(29)10-17(27)13-26-12-15(5-8-20(26)28)14-3-6-18(7-4-14)31-22-19(24)9-16(23)11-25-22/h3-9,11-12H,2,10,13H2,1H3. The van der Waals surface area contributed by atoms with Crippen LogP contribution in [0, 0.1) is 5.82 Å². The zero-order valence-corrected chi connectivity index (χ0v) is 17.3. The highest BCUT2D eigenvalue weighted by Gasteiger charge is 2.13. The Balaban J connectivity index is 1.74. The van der Waals surface area contributed by atoms with Crippen LogP contribution in [-0.4, -0.2) is 27.9 Å². The minimum absolute atomic E-state index is 0.163. The molecule has 0 aliphatic carbocycles. The van der Waals surface area contributed by atoms with Crippen LogP contribution >= 0.6 is 11.6 Å². The van der Waals surface area contributed by atoms with Gasteiger partial charge in [-0.05, 0) is 42.3 Å². The van der Waals surface area contributed by atoms with Gasteiger partial charge in [0.2, 0.25) is 0 Å². The van der Waals surface area contributed by atoms with Crippen LogP contribution in [0.25, 0.3) is 11.1 Å². The number of nitrogens with zero attached hydrogens (tertiary/aromatic N) is 2. The molecule has 7 nitrogen and oxygen atoms in total. The normalized spacial score (nSPS) is 10.5. The van der Waals surface area contributed by atoms with Gasteiger partial charge in [0.1, 0.15) is 12.2 Å². The van der Waals surface area contributed by atoms with Gasteiger partial charge in [-0.15, -0.1) is 0 Å². The number of aromatic nitrogens is 2. The summed E-state index contributed by atoms with van der Waals surface area (Å²) in [6.45, 7) is 1.59. The summed E-state index contributed by atoms with van der Waals surface area (Å²) in [6.07, 6.45) is 2.41. The number of Topliss-reactive ketones (excluding diaryl/α,β-unsaturated/α-hetero) is 1. The Morgan fingerprint density at radius 2 is 1.84 bits per heavy atom. The SMILES string of the molecule is CCOC(=O)CC(=O)Cn1cc(-c2ccc(Oc3ncc(Cl)cc3F)cc2)ccc1=O.